The number of carbonyl (C=O) groups is 3. The molecule has 0 radical (unpaired) electrons. The molecule has 27 heavy (non-hydrogen) atoms. The van der Waals surface area contributed by atoms with E-state index >= 15 is 0 Å². The highest BCUT2D eigenvalue weighted by molar-refractivity contribution is 7.99. The topological polar surface area (TPSA) is 72.5 Å². The van der Waals surface area contributed by atoms with Gasteiger partial charge in [0.1, 0.15) is 5.00 Å². The maximum absolute atomic E-state index is 12.3. The number of amides is 1. The van der Waals surface area contributed by atoms with Crippen molar-refractivity contribution >= 4 is 45.8 Å². The number of hydrogen-bond acceptors (Lipinski definition) is 6. The van der Waals surface area contributed by atoms with E-state index in [9.17, 15) is 14.4 Å². The molecule has 0 aliphatic carbocycles. The zero-order valence-corrected chi connectivity index (χ0v) is 17.5. The van der Waals surface area contributed by atoms with Crippen LogP contribution >= 0.6 is 23.1 Å². The summed E-state index contributed by atoms with van der Waals surface area (Å²) in [6.07, 6.45) is 0. The third-order valence-corrected chi connectivity index (χ3v) is 6.24. The predicted octanol–water partition coefficient (Wildman–Crippen LogP) is 4.62. The van der Waals surface area contributed by atoms with Crippen LogP contribution in [0.25, 0.3) is 0 Å². The Hall–Kier alpha value is -2.12. The zero-order valence-electron chi connectivity index (χ0n) is 15.9. The summed E-state index contributed by atoms with van der Waals surface area (Å²) >= 11 is 2.62. The normalized spacial score (nSPS) is 10.5. The predicted molar refractivity (Wildman–Crippen MR) is 111 cm³/mol. The lowest BCUT2D eigenvalue weighted by atomic mass is 10.1. The molecular formula is C20H23NO4S2. The fraction of sp³-hybridized carbons (Fsp3) is 0.350. The molecule has 2 rings (SSSR count). The van der Waals surface area contributed by atoms with Crippen molar-refractivity contribution in [3.63, 3.8) is 0 Å². The molecule has 1 aromatic carbocycles. The number of thiophene rings is 1. The average Bonchev–Trinajstić information content (AvgIpc) is 2.93. The molecule has 7 heteroatoms. The number of benzene rings is 1. The number of nitrogens with one attached hydrogen (secondary N) is 1. The summed E-state index contributed by atoms with van der Waals surface area (Å²) in [7, 11) is 0. The largest absolute Gasteiger partial charge is 0.462 e. The number of rotatable bonds is 8. The summed E-state index contributed by atoms with van der Waals surface area (Å²) in [5.41, 5.74) is 3.20. The van der Waals surface area contributed by atoms with Gasteiger partial charge < -0.3 is 10.1 Å². The van der Waals surface area contributed by atoms with Gasteiger partial charge in [-0.3, -0.25) is 9.59 Å². The number of aryl methyl sites for hydroxylation is 1. The van der Waals surface area contributed by atoms with Gasteiger partial charge in [-0.05, 0) is 44.4 Å². The molecule has 0 saturated carbocycles. The van der Waals surface area contributed by atoms with E-state index < -0.39 is 5.97 Å². The van der Waals surface area contributed by atoms with Crippen LogP contribution in [0.15, 0.2) is 24.3 Å². The first-order valence-corrected chi connectivity index (χ1v) is 10.6. The van der Waals surface area contributed by atoms with Crippen LogP contribution in [0.5, 0.6) is 0 Å². The van der Waals surface area contributed by atoms with Crippen LogP contribution in [0.2, 0.25) is 0 Å². The minimum Gasteiger partial charge on any atom is -0.462 e. The van der Waals surface area contributed by atoms with E-state index in [-0.39, 0.29) is 29.6 Å². The second-order valence-electron chi connectivity index (χ2n) is 6.00. The summed E-state index contributed by atoms with van der Waals surface area (Å²) < 4.78 is 5.08. The van der Waals surface area contributed by atoms with Crippen molar-refractivity contribution in [3.8, 4) is 0 Å². The molecule has 0 aliphatic rings. The van der Waals surface area contributed by atoms with Gasteiger partial charge in [0.2, 0.25) is 5.91 Å². The molecule has 2 aromatic rings. The highest BCUT2D eigenvalue weighted by Crippen LogP contribution is 2.34. The first kappa shape index (κ1) is 21.2. The van der Waals surface area contributed by atoms with E-state index in [2.05, 4.69) is 5.32 Å². The number of Topliss-reactive ketones (excluding diaryl/α,β-unsaturated/α-hetero) is 1. The number of esters is 1. The van der Waals surface area contributed by atoms with E-state index in [1.807, 2.05) is 31.2 Å². The van der Waals surface area contributed by atoms with Crippen LogP contribution in [0.1, 0.15) is 50.6 Å². The molecule has 144 valence electrons. The van der Waals surface area contributed by atoms with Gasteiger partial charge in [0.15, 0.2) is 5.78 Å². The Kier molecular flexibility index (Phi) is 7.62. The van der Waals surface area contributed by atoms with Crippen LogP contribution in [0.3, 0.4) is 0 Å². The molecular weight excluding hydrogens is 382 g/mol. The summed E-state index contributed by atoms with van der Waals surface area (Å²) in [5.74, 6) is 0.102. The van der Waals surface area contributed by atoms with Crippen molar-refractivity contribution in [2.75, 3.05) is 17.7 Å². The molecule has 0 spiro atoms. The van der Waals surface area contributed by atoms with Crippen molar-refractivity contribution in [2.45, 2.75) is 33.4 Å². The van der Waals surface area contributed by atoms with Gasteiger partial charge in [0.25, 0.3) is 0 Å². The van der Waals surface area contributed by atoms with Gasteiger partial charge in [0.05, 0.1) is 22.8 Å². The molecule has 0 unspecified atom stereocenters. The van der Waals surface area contributed by atoms with E-state index in [4.69, 9.17) is 4.74 Å². The fourth-order valence-electron chi connectivity index (χ4n) is 2.57. The standard InChI is InChI=1S/C20H23NO4S2/c1-5-25-20(24)17-13(3)18(14(4)22)27-19(17)21-16(23)11-26-10-15-9-7-6-8-12(15)2/h6-9H,5,10-11H2,1-4H3,(H,21,23). The SMILES string of the molecule is CCOC(=O)c1c(NC(=O)CSCc2ccccc2C)sc(C(C)=O)c1C. The van der Waals surface area contributed by atoms with Crippen LogP contribution in [-0.2, 0) is 15.3 Å². The third-order valence-electron chi connectivity index (χ3n) is 3.95. The fourth-order valence-corrected chi connectivity index (χ4v) is 4.58. The zero-order chi connectivity index (χ0) is 20.0. The van der Waals surface area contributed by atoms with Crippen molar-refractivity contribution < 1.29 is 19.1 Å². The van der Waals surface area contributed by atoms with Gasteiger partial charge in [0, 0.05) is 5.75 Å². The number of ether oxygens (including phenoxy) is 1. The lowest BCUT2D eigenvalue weighted by Gasteiger charge is -2.08. The Bertz CT molecular complexity index is 858. The van der Waals surface area contributed by atoms with Crippen molar-refractivity contribution in [1.82, 2.24) is 0 Å². The van der Waals surface area contributed by atoms with Gasteiger partial charge >= 0.3 is 5.97 Å². The summed E-state index contributed by atoms with van der Waals surface area (Å²) in [6, 6.07) is 8.05. The average molecular weight is 406 g/mol. The molecule has 0 saturated heterocycles. The quantitative estimate of drug-likeness (QED) is 0.513. The molecule has 1 heterocycles. The van der Waals surface area contributed by atoms with Crippen molar-refractivity contribution in [1.29, 1.82) is 0 Å². The highest BCUT2D eigenvalue weighted by Gasteiger charge is 2.25. The summed E-state index contributed by atoms with van der Waals surface area (Å²) in [4.78, 5) is 36.9. The first-order valence-electron chi connectivity index (χ1n) is 8.58. The Morgan fingerprint density at radius 1 is 1.19 bits per heavy atom. The monoisotopic (exact) mass is 405 g/mol. The molecule has 1 N–H and O–H groups in total. The van der Waals surface area contributed by atoms with Crippen LogP contribution in [0.4, 0.5) is 5.00 Å². The molecule has 0 aliphatic heterocycles. The maximum Gasteiger partial charge on any atom is 0.341 e. The molecule has 0 atom stereocenters. The maximum atomic E-state index is 12.3. The smallest absolute Gasteiger partial charge is 0.341 e. The number of hydrogen-bond donors (Lipinski definition) is 1. The summed E-state index contributed by atoms with van der Waals surface area (Å²) in [5, 5.41) is 3.15. The van der Waals surface area contributed by atoms with E-state index in [1.54, 1.807) is 13.8 Å². The molecule has 5 nitrogen and oxygen atoms in total. The van der Waals surface area contributed by atoms with Gasteiger partial charge in [-0.15, -0.1) is 23.1 Å². The Morgan fingerprint density at radius 2 is 1.89 bits per heavy atom. The first-order chi connectivity index (χ1) is 12.8. The van der Waals surface area contributed by atoms with E-state index in [0.29, 0.717) is 15.4 Å². The molecule has 1 amide bonds. The Balaban J connectivity index is 2.07. The number of anilines is 1. The van der Waals surface area contributed by atoms with Gasteiger partial charge in [-0.25, -0.2) is 4.79 Å². The van der Waals surface area contributed by atoms with Crippen molar-refractivity contribution in [3.05, 3.63) is 51.4 Å². The lowest BCUT2D eigenvalue weighted by Crippen LogP contribution is -2.16. The molecule has 1 aromatic heterocycles. The second-order valence-corrected chi connectivity index (χ2v) is 8.01. The van der Waals surface area contributed by atoms with Crippen molar-refractivity contribution in [2.24, 2.45) is 0 Å². The lowest BCUT2D eigenvalue weighted by molar-refractivity contribution is -0.113. The highest BCUT2D eigenvalue weighted by atomic mass is 32.2. The van der Waals surface area contributed by atoms with Gasteiger partial charge in [-0.1, -0.05) is 24.3 Å². The third kappa shape index (κ3) is 5.43. The second kappa shape index (κ2) is 9.71. The van der Waals surface area contributed by atoms with E-state index in [1.165, 1.54) is 29.8 Å². The van der Waals surface area contributed by atoms with E-state index in [0.717, 1.165) is 17.1 Å². The number of ketones is 1. The number of carbonyl (C=O) groups excluding carboxylic acids is 3. The Morgan fingerprint density at radius 3 is 2.52 bits per heavy atom. The van der Waals surface area contributed by atoms with Crippen LogP contribution in [-0.4, -0.2) is 30.0 Å². The molecule has 0 fully saturated rings. The summed E-state index contributed by atoms with van der Waals surface area (Å²) in [6.45, 7) is 7.12. The number of thioether (sulfide) groups is 1. The minimum absolute atomic E-state index is 0.141. The van der Waals surface area contributed by atoms with Gasteiger partial charge in [-0.2, -0.15) is 0 Å². The molecule has 0 bridgehead atoms. The van der Waals surface area contributed by atoms with Crippen LogP contribution in [0, 0.1) is 13.8 Å². The van der Waals surface area contributed by atoms with Crippen LogP contribution < -0.4 is 5.32 Å². The minimum atomic E-state index is -0.526. The Labute approximate surface area is 167 Å².